The van der Waals surface area contributed by atoms with E-state index in [9.17, 15) is 4.79 Å². The van der Waals surface area contributed by atoms with E-state index in [-0.39, 0.29) is 17.9 Å². The fourth-order valence-corrected chi connectivity index (χ4v) is 4.03. The summed E-state index contributed by atoms with van der Waals surface area (Å²) in [6.07, 6.45) is 13.5. The standard InChI is InChI=1S/C24H37BrN2O2/c1-24(2,3)19-15-16-22(21(25)17-19)29-18-23(28)27-26-20-13-11-9-7-5-4-6-8-10-12-14-20/h15-17H,4-14,18H2,1-3H3,(H,27,28). The van der Waals surface area contributed by atoms with Crippen LogP contribution < -0.4 is 10.2 Å². The number of halogens is 1. The van der Waals surface area contributed by atoms with Crippen LogP contribution in [-0.4, -0.2) is 18.2 Å². The third-order valence-corrected chi connectivity index (χ3v) is 6.05. The number of hydrogen-bond acceptors (Lipinski definition) is 3. The molecule has 0 aliphatic heterocycles. The smallest absolute Gasteiger partial charge is 0.277 e. The van der Waals surface area contributed by atoms with Gasteiger partial charge in [-0.1, -0.05) is 71.8 Å². The van der Waals surface area contributed by atoms with Crippen LogP contribution in [0.5, 0.6) is 5.75 Å². The molecule has 0 aromatic heterocycles. The summed E-state index contributed by atoms with van der Waals surface area (Å²) in [6, 6.07) is 6.01. The van der Waals surface area contributed by atoms with Crippen LogP contribution in [0.3, 0.4) is 0 Å². The highest BCUT2D eigenvalue weighted by Crippen LogP contribution is 2.31. The number of carbonyl (C=O) groups excluding carboxylic acids is 1. The second-order valence-corrected chi connectivity index (χ2v) is 9.93. The summed E-state index contributed by atoms with van der Waals surface area (Å²) in [7, 11) is 0. The van der Waals surface area contributed by atoms with Crippen LogP contribution in [0.15, 0.2) is 27.8 Å². The zero-order chi connectivity index (χ0) is 21.1. The highest BCUT2D eigenvalue weighted by atomic mass is 79.9. The predicted molar refractivity (Wildman–Crippen MR) is 125 cm³/mol. The Morgan fingerprint density at radius 1 is 1.00 bits per heavy atom. The lowest BCUT2D eigenvalue weighted by Crippen LogP contribution is -2.26. The predicted octanol–water partition coefficient (Wildman–Crippen LogP) is 6.90. The normalized spacial score (nSPS) is 17.0. The Labute approximate surface area is 185 Å². The second kappa shape index (κ2) is 12.4. The first-order chi connectivity index (χ1) is 13.9. The molecule has 29 heavy (non-hydrogen) atoms. The van der Waals surface area contributed by atoms with Crippen molar-refractivity contribution in [3.05, 3.63) is 28.2 Å². The summed E-state index contributed by atoms with van der Waals surface area (Å²) in [5, 5.41) is 4.42. The third-order valence-electron chi connectivity index (χ3n) is 5.43. The Kier molecular flexibility index (Phi) is 10.2. The number of nitrogens with one attached hydrogen (secondary N) is 1. The molecule has 1 amide bonds. The van der Waals surface area contributed by atoms with Crippen LogP contribution in [0.2, 0.25) is 0 Å². The van der Waals surface area contributed by atoms with Gasteiger partial charge in [0.05, 0.1) is 4.47 Å². The van der Waals surface area contributed by atoms with Crippen LogP contribution in [-0.2, 0) is 10.2 Å². The number of amides is 1. The van der Waals surface area contributed by atoms with Gasteiger partial charge in [-0.05, 0) is 64.7 Å². The Bertz CT molecular complexity index is 666. The topological polar surface area (TPSA) is 50.7 Å². The maximum atomic E-state index is 12.2. The maximum absolute atomic E-state index is 12.2. The van der Waals surface area contributed by atoms with Gasteiger partial charge in [-0.25, -0.2) is 5.43 Å². The number of hydrazone groups is 1. The van der Waals surface area contributed by atoms with Crippen molar-refractivity contribution in [2.24, 2.45) is 5.10 Å². The van der Waals surface area contributed by atoms with Gasteiger partial charge in [0, 0.05) is 5.71 Å². The summed E-state index contributed by atoms with van der Waals surface area (Å²) in [5.74, 6) is 0.460. The average molecular weight is 465 g/mol. The number of ether oxygens (including phenoxy) is 1. The maximum Gasteiger partial charge on any atom is 0.277 e. The lowest BCUT2D eigenvalue weighted by molar-refractivity contribution is -0.123. The van der Waals surface area contributed by atoms with Crippen molar-refractivity contribution in [2.45, 2.75) is 96.8 Å². The van der Waals surface area contributed by atoms with Crippen molar-refractivity contribution < 1.29 is 9.53 Å². The highest BCUT2D eigenvalue weighted by Gasteiger charge is 2.15. The van der Waals surface area contributed by atoms with Gasteiger partial charge >= 0.3 is 0 Å². The second-order valence-electron chi connectivity index (χ2n) is 9.08. The lowest BCUT2D eigenvalue weighted by Gasteiger charge is -2.20. The zero-order valence-corrected chi connectivity index (χ0v) is 19.9. The van der Waals surface area contributed by atoms with E-state index in [0.717, 1.165) is 35.9 Å². The molecule has 1 aliphatic carbocycles. The van der Waals surface area contributed by atoms with Crippen molar-refractivity contribution in [3.8, 4) is 5.75 Å². The van der Waals surface area contributed by atoms with E-state index < -0.39 is 0 Å². The molecular weight excluding hydrogens is 428 g/mol. The number of carbonyl (C=O) groups is 1. The van der Waals surface area contributed by atoms with Crippen LogP contribution >= 0.6 is 15.9 Å². The van der Waals surface area contributed by atoms with E-state index >= 15 is 0 Å². The van der Waals surface area contributed by atoms with Crippen molar-refractivity contribution in [1.29, 1.82) is 0 Å². The summed E-state index contributed by atoms with van der Waals surface area (Å²) >= 11 is 3.55. The quantitative estimate of drug-likeness (QED) is 0.492. The molecule has 1 N–H and O–H groups in total. The Morgan fingerprint density at radius 2 is 1.55 bits per heavy atom. The number of hydrogen-bond donors (Lipinski definition) is 1. The molecule has 0 bridgehead atoms. The van der Waals surface area contributed by atoms with Crippen molar-refractivity contribution >= 4 is 27.5 Å². The van der Waals surface area contributed by atoms with Gasteiger partial charge in [-0.3, -0.25) is 4.79 Å². The van der Waals surface area contributed by atoms with E-state index in [1.165, 1.54) is 50.5 Å². The van der Waals surface area contributed by atoms with E-state index in [4.69, 9.17) is 4.74 Å². The monoisotopic (exact) mass is 464 g/mol. The molecule has 0 unspecified atom stereocenters. The molecule has 1 aromatic carbocycles. The molecule has 0 radical (unpaired) electrons. The van der Waals surface area contributed by atoms with Gasteiger partial charge in [-0.15, -0.1) is 0 Å². The van der Waals surface area contributed by atoms with Crippen LogP contribution in [0.1, 0.15) is 97.0 Å². The van der Waals surface area contributed by atoms with E-state index in [1.807, 2.05) is 12.1 Å². The first kappa shape index (κ1) is 23.9. The molecule has 0 saturated heterocycles. The number of nitrogens with zero attached hydrogens (tertiary/aromatic N) is 1. The number of benzene rings is 1. The Morgan fingerprint density at radius 3 is 2.07 bits per heavy atom. The van der Waals surface area contributed by atoms with Gasteiger partial charge in [0.15, 0.2) is 6.61 Å². The molecule has 4 nitrogen and oxygen atoms in total. The minimum absolute atomic E-state index is 0.0375. The summed E-state index contributed by atoms with van der Waals surface area (Å²) in [4.78, 5) is 12.2. The van der Waals surface area contributed by atoms with E-state index in [0.29, 0.717) is 5.75 Å². The van der Waals surface area contributed by atoms with Crippen molar-refractivity contribution in [3.63, 3.8) is 0 Å². The van der Waals surface area contributed by atoms with Crippen LogP contribution in [0.4, 0.5) is 0 Å². The summed E-state index contributed by atoms with van der Waals surface area (Å²) in [6.45, 7) is 6.48. The molecule has 5 heteroatoms. The Hall–Kier alpha value is -1.36. The summed E-state index contributed by atoms with van der Waals surface area (Å²) < 4.78 is 6.55. The Balaban J connectivity index is 1.83. The van der Waals surface area contributed by atoms with Gasteiger partial charge in [-0.2, -0.15) is 5.10 Å². The van der Waals surface area contributed by atoms with Crippen molar-refractivity contribution in [1.82, 2.24) is 5.43 Å². The molecule has 1 saturated carbocycles. The van der Waals surface area contributed by atoms with Crippen LogP contribution in [0, 0.1) is 0 Å². The van der Waals surface area contributed by atoms with E-state index in [1.54, 1.807) is 0 Å². The highest BCUT2D eigenvalue weighted by molar-refractivity contribution is 9.10. The first-order valence-corrected chi connectivity index (χ1v) is 11.9. The van der Waals surface area contributed by atoms with Gasteiger partial charge in [0.25, 0.3) is 5.91 Å². The molecule has 0 spiro atoms. The molecule has 1 aliphatic rings. The molecule has 1 aromatic rings. The molecule has 162 valence electrons. The van der Waals surface area contributed by atoms with Gasteiger partial charge < -0.3 is 4.74 Å². The van der Waals surface area contributed by atoms with Crippen molar-refractivity contribution in [2.75, 3.05) is 6.61 Å². The minimum atomic E-state index is -0.213. The molecule has 0 atom stereocenters. The lowest BCUT2D eigenvalue weighted by atomic mass is 9.87. The largest absolute Gasteiger partial charge is 0.483 e. The van der Waals surface area contributed by atoms with E-state index in [2.05, 4.69) is 53.3 Å². The molecule has 0 heterocycles. The SMILES string of the molecule is CC(C)(C)c1ccc(OCC(=O)NN=C2CCCCCCCCCCC2)c(Br)c1. The number of rotatable bonds is 4. The fourth-order valence-electron chi connectivity index (χ4n) is 3.53. The molecular formula is C24H37BrN2O2. The molecule has 2 rings (SSSR count). The average Bonchev–Trinajstić information content (AvgIpc) is 2.66. The van der Waals surface area contributed by atoms with Gasteiger partial charge in [0.2, 0.25) is 0 Å². The third kappa shape index (κ3) is 9.33. The minimum Gasteiger partial charge on any atom is -0.483 e. The zero-order valence-electron chi connectivity index (χ0n) is 18.4. The molecule has 1 fully saturated rings. The fraction of sp³-hybridized carbons (Fsp3) is 0.667. The van der Waals surface area contributed by atoms with Gasteiger partial charge in [0.1, 0.15) is 5.75 Å². The summed E-state index contributed by atoms with van der Waals surface area (Å²) in [5.41, 5.74) is 5.11. The first-order valence-electron chi connectivity index (χ1n) is 11.1. The van der Waals surface area contributed by atoms with Crippen LogP contribution in [0.25, 0.3) is 0 Å².